The monoisotopic (exact) mass is 553 g/mol. The van der Waals surface area contributed by atoms with Gasteiger partial charge in [0.1, 0.15) is 12.1 Å². The Balaban J connectivity index is 4.89. The van der Waals surface area contributed by atoms with Crippen molar-refractivity contribution in [2.24, 2.45) is 5.92 Å². The van der Waals surface area contributed by atoms with E-state index in [0.717, 1.165) is 0 Å². The lowest BCUT2D eigenvalue weighted by atomic mass is 10.0. The molecule has 0 heterocycles. The molecule has 0 unspecified atom stereocenters. The van der Waals surface area contributed by atoms with Gasteiger partial charge in [-0.1, -0.05) is 20.8 Å². The van der Waals surface area contributed by atoms with Gasteiger partial charge in [-0.2, -0.15) is 0 Å². The van der Waals surface area contributed by atoms with Gasteiger partial charge in [0.25, 0.3) is 0 Å². The van der Waals surface area contributed by atoms with Crippen molar-refractivity contribution in [2.75, 3.05) is 32.8 Å². The number of nitrogens with zero attached hydrogens (tertiary/aromatic N) is 1. The molecule has 0 bridgehead atoms. The molecular formula is C21H40N5O10P. The van der Waals surface area contributed by atoms with E-state index in [2.05, 4.69) is 25.8 Å². The molecule has 16 heteroatoms. The van der Waals surface area contributed by atoms with Gasteiger partial charge in [0, 0.05) is 20.0 Å². The number of phosphoric acid groups is 1. The topological polar surface area (TPSA) is 224 Å². The molecule has 0 aliphatic heterocycles. The highest BCUT2D eigenvalue weighted by atomic mass is 31.2. The molecule has 7 N–H and O–H groups in total. The molecule has 15 nitrogen and oxygen atoms in total. The van der Waals surface area contributed by atoms with Gasteiger partial charge < -0.3 is 41.1 Å². The van der Waals surface area contributed by atoms with Crippen LogP contribution < -0.4 is 21.3 Å². The molecule has 0 aromatic rings. The van der Waals surface area contributed by atoms with Gasteiger partial charge >= 0.3 is 7.82 Å². The van der Waals surface area contributed by atoms with Crippen LogP contribution in [0.5, 0.6) is 0 Å². The normalized spacial score (nSPS) is 13.8. The number of hydrogen-bond donors (Lipinski definition) is 7. The average molecular weight is 554 g/mol. The van der Waals surface area contributed by atoms with Crippen LogP contribution in [-0.2, 0) is 33.1 Å². The van der Waals surface area contributed by atoms with E-state index in [1.807, 2.05) is 20.8 Å². The van der Waals surface area contributed by atoms with Crippen LogP contribution in [0, 0.1) is 5.92 Å². The van der Waals surface area contributed by atoms with Crippen molar-refractivity contribution in [3.05, 3.63) is 0 Å². The Bertz CT molecular complexity index is 835. The van der Waals surface area contributed by atoms with E-state index in [-0.39, 0.29) is 31.3 Å². The summed E-state index contributed by atoms with van der Waals surface area (Å²) < 4.78 is 15.2. The molecule has 0 aromatic heterocycles. The summed E-state index contributed by atoms with van der Waals surface area (Å²) in [6.07, 6.45) is -0.120. The SMILES string of the molecule is CCCN(CC(=O)N[C@@H](CC(C)C)C(=O)NCC(=O)N[C@@H](CO)C(=O)NC[C@@H](C)OP(=O)(O)O)C(C)=O. The van der Waals surface area contributed by atoms with Crippen molar-refractivity contribution in [2.45, 2.75) is 65.6 Å². The van der Waals surface area contributed by atoms with Crippen molar-refractivity contribution >= 4 is 37.4 Å². The summed E-state index contributed by atoms with van der Waals surface area (Å²) in [5.74, 6) is -3.07. The predicted octanol–water partition coefficient (Wildman–Crippen LogP) is -2.02. The van der Waals surface area contributed by atoms with Crippen LogP contribution in [0.25, 0.3) is 0 Å². The Morgan fingerprint density at radius 3 is 2.00 bits per heavy atom. The Morgan fingerprint density at radius 1 is 0.946 bits per heavy atom. The zero-order valence-corrected chi connectivity index (χ0v) is 22.7. The minimum Gasteiger partial charge on any atom is -0.394 e. The van der Waals surface area contributed by atoms with Gasteiger partial charge in [-0.15, -0.1) is 0 Å². The van der Waals surface area contributed by atoms with Crippen molar-refractivity contribution in [3.8, 4) is 0 Å². The molecule has 3 atom stereocenters. The predicted molar refractivity (Wildman–Crippen MR) is 132 cm³/mol. The van der Waals surface area contributed by atoms with E-state index in [4.69, 9.17) is 9.79 Å². The molecule has 0 rings (SSSR count). The van der Waals surface area contributed by atoms with Gasteiger partial charge in [0.2, 0.25) is 29.5 Å². The molecule has 0 radical (unpaired) electrons. The number of amides is 5. The molecule has 0 aliphatic rings. The Labute approximate surface area is 216 Å². The Hall–Kier alpha value is -2.58. The summed E-state index contributed by atoms with van der Waals surface area (Å²) in [4.78, 5) is 80.0. The summed E-state index contributed by atoms with van der Waals surface area (Å²) in [6.45, 7) is 6.73. The van der Waals surface area contributed by atoms with E-state index in [1.54, 1.807) is 0 Å². The van der Waals surface area contributed by atoms with E-state index in [9.17, 15) is 33.6 Å². The second kappa shape index (κ2) is 17.0. The average Bonchev–Trinajstić information content (AvgIpc) is 2.77. The quantitative estimate of drug-likeness (QED) is 0.0979. The first-order valence-electron chi connectivity index (χ1n) is 11.8. The summed E-state index contributed by atoms with van der Waals surface area (Å²) in [6, 6.07) is -2.36. The van der Waals surface area contributed by atoms with Crippen molar-refractivity contribution in [3.63, 3.8) is 0 Å². The highest BCUT2D eigenvalue weighted by Gasteiger charge is 2.26. The number of aliphatic hydroxyl groups excluding tert-OH is 1. The van der Waals surface area contributed by atoms with Crippen LogP contribution >= 0.6 is 7.82 Å². The fourth-order valence-corrected chi connectivity index (χ4v) is 3.65. The van der Waals surface area contributed by atoms with Crippen LogP contribution in [0.2, 0.25) is 0 Å². The van der Waals surface area contributed by atoms with Gasteiger partial charge in [-0.05, 0) is 25.7 Å². The number of rotatable bonds is 17. The number of aliphatic hydroxyl groups is 1. The summed E-state index contributed by atoms with van der Waals surface area (Å²) in [7, 11) is -4.75. The molecule has 0 aliphatic carbocycles. The third-order valence-corrected chi connectivity index (χ3v) is 5.41. The number of carbonyl (C=O) groups is 5. The molecule has 5 amide bonds. The molecule has 0 saturated heterocycles. The first-order chi connectivity index (χ1) is 17.1. The first kappa shape index (κ1) is 34.4. The third kappa shape index (κ3) is 16.0. The molecule has 0 fully saturated rings. The van der Waals surface area contributed by atoms with Crippen LogP contribution in [0.1, 0.15) is 47.5 Å². The summed E-state index contributed by atoms with van der Waals surface area (Å²) >= 11 is 0. The fourth-order valence-electron chi connectivity index (χ4n) is 3.10. The van der Waals surface area contributed by atoms with Crippen LogP contribution in [-0.4, -0.2) is 100 Å². The van der Waals surface area contributed by atoms with Crippen molar-refractivity contribution < 1.29 is 48.0 Å². The second-order valence-electron chi connectivity index (χ2n) is 8.86. The lowest BCUT2D eigenvalue weighted by Gasteiger charge is -2.24. The molecule has 37 heavy (non-hydrogen) atoms. The maximum atomic E-state index is 12.7. The lowest BCUT2D eigenvalue weighted by molar-refractivity contribution is -0.136. The maximum Gasteiger partial charge on any atom is 0.469 e. The number of nitrogens with one attached hydrogen (secondary N) is 4. The van der Waals surface area contributed by atoms with Crippen LogP contribution in [0.15, 0.2) is 0 Å². The molecule has 0 aromatic carbocycles. The minimum absolute atomic E-state index is 0.0174. The number of hydrogen-bond acceptors (Lipinski definition) is 8. The van der Waals surface area contributed by atoms with Gasteiger partial charge in [0.15, 0.2) is 0 Å². The minimum atomic E-state index is -4.75. The molecule has 0 saturated carbocycles. The van der Waals surface area contributed by atoms with Gasteiger partial charge in [-0.25, -0.2) is 4.57 Å². The first-order valence-corrected chi connectivity index (χ1v) is 13.4. The summed E-state index contributed by atoms with van der Waals surface area (Å²) in [5, 5.41) is 18.9. The third-order valence-electron chi connectivity index (χ3n) is 4.77. The molecular weight excluding hydrogens is 513 g/mol. The smallest absolute Gasteiger partial charge is 0.394 e. The summed E-state index contributed by atoms with van der Waals surface area (Å²) in [5.41, 5.74) is 0. The highest BCUT2D eigenvalue weighted by Crippen LogP contribution is 2.37. The maximum absolute atomic E-state index is 12.7. The van der Waals surface area contributed by atoms with E-state index < -0.39 is 62.8 Å². The van der Waals surface area contributed by atoms with Crippen molar-refractivity contribution in [1.29, 1.82) is 0 Å². The largest absolute Gasteiger partial charge is 0.469 e. The van der Waals surface area contributed by atoms with Crippen LogP contribution in [0.4, 0.5) is 0 Å². The highest BCUT2D eigenvalue weighted by molar-refractivity contribution is 7.46. The van der Waals surface area contributed by atoms with E-state index in [1.165, 1.54) is 18.7 Å². The van der Waals surface area contributed by atoms with Gasteiger partial charge in [0.05, 0.1) is 25.8 Å². The zero-order valence-electron chi connectivity index (χ0n) is 21.9. The number of phosphoric ester groups is 1. The lowest BCUT2D eigenvalue weighted by Crippen LogP contribution is -2.54. The van der Waals surface area contributed by atoms with Gasteiger partial charge in [-0.3, -0.25) is 28.5 Å². The molecule has 214 valence electrons. The fraction of sp³-hybridized carbons (Fsp3) is 0.762. The zero-order chi connectivity index (χ0) is 28.8. The van der Waals surface area contributed by atoms with Crippen molar-refractivity contribution in [1.82, 2.24) is 26.2 Å². The second-order valence-corrected chi connectivity index (χ2v) is 10.1. The molecule has 0 spiro atoms. The van der Waals surface area contributed by atoms with Crippen LogP contribution in [0.3, 0.4) is 0 Å². The van der Waals surface area contributed by atoms with E-state index >= 15 is 0 Å². The Kier molecular flexibility index (Phi) is 15.8. The van der Waals surface area contributed by atoms with E-state index in [0.29, 0.717) is 13.0 Å². The number of carbonyl (C=O) groups excluding carboxylic acids is 5. The standard InChI is InChI=1S/C21H40N5O10P/c1-6-7-26(15(5)28)11-19(30)24-16(8-13(2)3)20(31)23-10-18(29)25-17(12-27)21(32)22-9-14(4)36-37(33,34)35/h13-14,16-17,27H,6-12H2,1-5H3,(H,22,32)(H,23,31)(H,24,30)(H,25,29)(H2,33,34,35)/t14-,16+,17+/m1/s1. The Morgan fingerprint density at radius 2 is 1.51 bits per heavy atom.